The Hall–Kier alpha value is -0.290. The van der Waals surface area contributed by atoms with Crippen molar-refractivity contribution in [2.45, 2.75) is 5.37 Å². The van der Waals surface area contributed by atoms with Crippen LogP contribution in [-0.2, 0) is 9.84 Å². The van der Waals surface area contributed by atoms with Crippen LogP contribution in [0.1, 0.15) is 10.9 Å². The predicted molar refractivity (Wildman–Crippen MR) is 81.4 cm³/mol. The van der Waals surface area contributed by atoms with E-state index in [0.29, 0.717) is 29.3 Å². The van der Waals surface area contributed by atoms with E-state index in [-0.39, 0.29) is 0 Å². The molecular formula is C13H20Cl2NO2S+. The van der Waals surface area contributed by atoms with Gasteiger partial charge in [0.1, 0.15) is 0 Å². The third-order valence-electron chi connectivity index (χ3n) is 3.25. The standard InChI is InChI=1S/C13H20Cl2NO2S/c1-16(10-8-14,11-9-15)13(19(2,17)18)12-6-4-3-5-7-12/h3-7,13H,8-11H2,1-2H3/q+1. The average molecular weight is 325 g/mol. The van der Waals surface area contributed by atoms with Gasteiger partial charge in [0.15, 0.2) is 0 Å². The Morgan fingerprint density at radius 3 is 1.95 bits per heavy atom. The largest absolute Gasteiger partial charge is 0.305 e. The fourth-order valence-electron chi connectivity index (χ4n) is 2.42. The van der Waals surface area contributed by atoms with Gasteiger partial charge < -0.3 is 4.48 Å². The van der Waals surface area contributed by atoms with Crippen molar-refractivity contribution in [2.24, 2.45) is 0 Å². The lowest BCUT2D eigenvalue weighted by molar-refractivity contribution is -0.921. The zero-order valence-electron chi connectivity index (χ0n) is 11.2. The van der Waals surface area contributed by atoms with E-state index >= 15 is 0 Å². The van der Waals surface area contributed by atoms with E-state index in [4.69, 9.17) is 23.2 Å². The van der Waals surface area contributed by atoms with Crippen LogP contribution in [0.2, 0.25) is 0 Å². The number of nitrogens with zero attached hydrogens (tertiary/aromatic N) is 1. The van der Waals surface area contributed by atoms with Gasteiger partial charge in [0.25, 0.3) is 0 Å². The molecule has 0 bridgehead atoms. The first-order valence-electron chi connectivity index (χ1n) is 6.05. The van der Waals surface area contributed by atoms with Crippen LogP contribution in [0.4, 0.5) is 0 Å². The van der Waals surface area contributed by atoms with Crippen molar-refractivity contribution >= 4 is 33.0 Å². The van der Waals surface area contributed by atoms with Crippen LogP contribution in [0.3, 0.4) is 0 Å². The molecule has 1 aromatic rings. The van der Waals surface area contributed by atoms with Crippen LogP contribution in [0, 0.1) is 0 Å². The molecule has 0 N–H and O–H groups in total. The highest BCUT2D eigenvalue weighted by Crippen LogP contribution is 2.31. The molecule has 1 atom stereocenters. The number of benzene rings is 1. The van der Waals surface area contributed by atoms with Gasteiger partial charge in [-0.15, -0.1) is 23.2 Å². The van der Waals surface area contributed by atoms with Crippen molar-refractivity contribution in [1.29, 1.82) is 0 Å². The lowest BCUT2D eigenvalue weighted by Crippen LogP contribution is -2.52. The fraction of sp³-hybridized carbons (Fsp3) is 0.538. The molecule has 0 heterocycles. The first-order chi connectivity index (χ1) is 8.85. The van der Waals surface area contributed by atoms with Crippen molar-refractivity contribution in [3.05, 3.63) is 35.9 Å². The molecule has 0 saturated heterocycles. The highest BCUT2D eigenvalue weighted by molar-refractivity contribution is 7.90. The second-order valence-electron chi connectivity index (χ2n) is 4.90. The molecule has 0 aliphatic rings. The topological polar surface area (TPSA) is 34.1 Å². The Balaban J connectivity index is 3.31. The van der Waals surface area contributed by atoms with E-state index in [1.54, 1.807) is 0 Å². The second kappa shape index (κ2) is 6.93. The molecule has 0 amide bonds. The van der Waals surface area contributed by atoms with Gasteiger partial charge in [-0.05, 0) is 0 Å². The maximum absolute atomic E-state index is 12.2. The molecule has 108 valence electrons. The number of hydrogen-bond acceptors (Lipinski definition) is 2. The molecule has 0 aliphatic heterocycles. The minimum Gasteiger partial charge on any atom is -0.305 e. The van der Waals surface area contributed by atoms with Crippen molar-refractivity contribution in [3.63, 3.8) is 0 Å². The number of hydrogen-bond donors (Lipinski definition) is 0. The van der Waals surface area contributed by atoms with Gasteiger partial charge in [-0.25, -0.2) is 8.42 Å². The highest BCUT2D eigenvalue weighted by atomic mass is 35.5. The lowest BCUT2D eigenvalue weighted by Gasteiger charge is -2.40. The molecule has 19 heavy (non-hydrogen) atoms. The van der Waals surface area contributed by atoms with Gasteiger partial charge in [0, 0.05) is 11.8 Å². The zero-order chi connectivity index (χ0) is 14.5. The zero-order valence-corrected chi connectivity index (χ0v) is 13.5. The molecule has 1 aromatic carbocycles. The molecule has 6 heteroatoms. The van der Waals surface area contributed by atoms with Gasteiger partial charge in [-0.2, -0.15) is 0 Å². The smallest absolute Gasteiger partial charge is 0.215 e. The van der Waals surface area contributed by atoms with E-state index in [0.717, 1.165) is 5.56 Å². The average Bonchev–Trinajstić information content (AvgIpc) is 2.28. The Labute approximate surface area is 125 Å². The summed E-state index contributed by atoms with van der Waals surface area (Å²) >= 11 is 11.7. The lowest BCUT2D eigenvalue weighted by atomic mass is 10.2. The van der Waals surface area contributed by atoms with E-state index < -0.39 is 15.2 Å². The third-order valence-corrected chi connectivity index (χ3v) is 5.18. The SMILES string of the molecule is C[N+](CCCl)(CCCl)C(c1ccccc1)S(C)(=O)=O. The molecule has 1 unspecified atom stereocenters. The van der Waals surface area contributed by atoms with Crippen molar-refractivity contribution < 1.29 is 12.9 Å². The molecule has 0 aromatic heterocycles. The second-order valence-corrected chi connectivity index (χ2v) is 7.76. The van der Waals surface area contributed by atoms with Crippen LogP contribution in [0.25, 0.3) is 0 Å². The first-order valence-corrected chi connectivity index (χ1v) is 9.07. The summed E-state index contributed by atoms with van der Waals surface area (Å²) in [6.07, 6.45) is 1.27. The number of quaternary nitrogens is 1. The van der Waals surface area contributed by atoms with E-state index in [1.807, 2.05) is 37.4 Å². The molecule has 0 spiro atoms. The molecule has 0 aliphatic carbocycles. The van der Waals surface area contributed by atoms with Crippen molar-refractivity contribution in [2.75, 3.05) is 38.2 Å². The van der Waals surface area contributed by atoms with E-state index in [1.165, 1.54) is 6.26 Å². The predicted octanol–water partition coefficient (Wildman–Crippen LogP) is 2.65. The molecule has 0 radical (unpaired) electrons. The summed E-state index contributed by atoms with van der Waals surface area (Å²) in [5.74, 6) is 0.790. The van der Waals surface area contributed by atoms with Gasteiger partial charge in [0.05, 0.1) is 31.9 Å². The maximum Gasteiger partial charge on any atom is 0.215 e. The summed E-state index contributed by atoms with van der Waals surface area (Å²) in [6.45, 7) is 1.11. The fourth-order valence-corrected chi connectivity index (χ4v) is 4.98. The summed E-state index contributed by atoms with van der Waals surface area (Å²) in [5, 5.41) is -0.633. The van der Waals surface area contributed by atoms with Crippen LogP contribution in [-0.4, -0.2) is 51.1 Å². The summed E-state index contributed by atoms with van der Waals surface area (Å²) in [4.78, 5) is 0. The van der Waals surface area contributed by atoms with Gasteiger partial charge in [-0.3, -0.25) is 0 Å². The van der Waals surface area contributed by atoms with E-state index in [9.17, 15) is 8.42 Å². The van der Waals surface area contributed by atoms with Crippen molar-refractivity contribution in [3.8, 4) is 0 Å². The normalized spacial score (nSPS) is 14.3. The molecule has 0 fully saturated rings. The summed E-state index contributed by atoms with van der Waals surface area (Å²) in [6, 6.07) is 9.24. The highest BCUT2D eigenvalue weighted by Gasteiger charge is 2.40. The van der Waals surface area contributed by atoms with Crippen LogP contribution in [0.5, 0.6) is 0 Å². The third kappa shape index (κ3) is 4.35. The Morgan fingerprint density at radius 1 is 1.11 bits per heavy atom. The van der Waals surface area contributed by atoms with E-state index in [2.05, 4.69) is 0 Å². The molecule has 3 nitrogen and oxygen atoms in total. The monoisotopic (exact) mass is 324 g/mol. The summed E-state index contributed by atoms with van der Waals surface area (Å²) < 4.78 is 24.8. The Bertz CT molecular complexity index is 485. The number of alkyl halides is 2. The van der Waals surface area contributed by atoms with Crippen LogP contribution >= 0.6 is 23.2 Å². The van der Waals surface area contributed by atoms with Gasteiger partial charge >= 0.3 is 0 Å². The molecule has 1 rings (SSSR count). The molecular weight excluding hydrogens is 305 g/mol. The van der Waals surface area contributed by atoms with Gasteiger partial charge in [-0.1, -0.05) is 30.3 Å². The summed E-state index contributed by atoms with van der Waals surface area (Å²) in [7, 11) is -1.37. The first kappa shape index (κ1) is 16.8. The maximum atomic E-state index is 12.2. The van der Waals surface area contributed by atoms with Crippen LogP contribution < -0.4 is 0 Å². The minimum absolute atomic E-state index is 0.301. The Kier molecular flexibility index (Phi) is 6.12. The Morgan fingerprint density at radius 2 is 1.58 bits per heavy atom. The molecule has 0 saturated carbocycles. The van der Waals surface area contributed by atoms with Gasteiger partial charge in [0.2, 0.25) is 15.2 Å². The quantitative estimate of drug-likeness (QED) is 0.570. The number of sulfone groups is 1. The minimum atomic E-state index is -3.27. The van der Waals surface area contributed by atoms with Crippen molar-refractivity contribution in [1.82, 2.24) is 0 Å². The van der Waals surface area contributed by atoms with Crippen LogP contribution in [0.15, 0.2) is 30.3 Å². The number of rotatable bonds is 7. The number of halogens is 2. The summed E-state index contributed by atoms with van der Waals surface area (Å²) in [5.41, 5.74) is 0.780.